The highest BCUT2D eigenvalue weighted by Crippen LogP contribution is 2.27. The molecule has 0 radical (unpaired) electrons. The highest BCUT2D eigenvalue weighted by atomic mass is 35.5. The van der Waals surface area contributed by atoms with Gasteiger partial charge in [0.2, 0.25) is 5.91 Å². The van der Waals surface area contributed by atoms with Gasteiger partial charge in [-0.15, -0.1) is 24.8 Å². The van der Waals surface area contributed by atoms with Crippen molar-refractivity contribution < 1.29 is 4.79 Å². The molecule has 6 heteroatoms. The second-order valence-electron chi connectivity index (χ2n) is 5.65. The highest BCUT2D eigenvalue weighted by molar-refractivity contribution is 5.85. The molecule has 2 heterocycles. The Morgan fingerprint density at radius 1 is 1.21 bits per heavy atom. The second kappa shape index (κ2) is 8.30. The molecule has 2 aliphatic rings. The van der Waals surface area contributed by atoms with Gasteiger partial charge >= 0.3 is 0 Å². The van der Waals surface area contributed by atoms with Crippen molar-refractivity contribution in [1.29, 1.82) is 0 Å². The number of nitrogens with two attached hydrogens (primary N) is 1. The van der Waals surface area contributed by atoms with Crippen LogP contribution in [0.1, 0.15) is 39.5 Å². The van der Waals surface area contributed by atoms with E-state index in [1.165, 1.54) is 25.8 Å². The van der Waals surface area contributed by atoms with E-state index in [0.717, 1.165) is 13.0 Å². The third kappa shape index (κ3) is 4.48. The van der Waals surface area contributed by atoms with E-state index in [1.807, 2.05) is 13.8 Å². The Kier molecular flexibility index (Phi) is 8.29. The van der Waals surface area contributed by atoms with Crippen LogP contribution in [0.4, 0.5) is 0 Å². The largest absolute Gasteiger partial charge is 0.351 e. The summed E-state index contributed by atoms with van der Waals surface area (Å²) in [6, 6.07) is 0.857. The maximum Gasteiger partial charge on any atom is 0.224 e. The average molecular weight is 312 g/mol. The Balaban J connectivity index is 0.00000162. The Morgan fingerprint density at radius 3 is 2.53 bits per heavy atom. The standard InChI is InChI=1S/C13H25N3O.2ClH/c1-9(10(2)14)13(17)15-11-6-8-16-7-4-3-5-12(11)16;;/h9-12H,3-8,14H2,1-2H3,(H,15,17);2*1H. The summed E-state index contributed by atoms with van der Waals surface area (Å²) in [5.74, 6) is 0.0325. The fourth-order valence-corrected chi connectivity index (χ4v) is 2.97. The zero-order valence-electron chi connectivity index (χ0n) is 11.8. The van der Waals surface area contributed by atoms with E-state index in [9.17, 15) is 4.79 Å². The van der Waals surface area contributed by atoms with Gasteiger partial charge in [0, 0.05) is 30.6 Å². The average Bonchev–Trinajstić information content (AvgIpc) is 2.71. The van der Waals surface area contributed by atoms with Gasteiger partial charge in [0.25, 0.3) is 0 Å². The van der Waals surface area contributed by atoms with Crippen LogP contribution in [0.15, 0.2) is 0 Å². The van der Waals surface area contributed by atoms with Gasteiger partial charge < -0.3 is 11.1 Å². The van der Waals surface area contributed by atoms with Crippen molar-refractivity contribution in [2.75, 3.05) is 13.1 Å². The minimum absolute atomic E-state index is 0. The monoisotopic (exact) mass is 311 g/mol. The lowest BCUT2D eigenvalue weighted by Gasteiger charge is -2.33. The Morgan fingerprint density at radius 2 is 1.89 bits per heavy atom. The van der Waals surface area contributed by atoms with Crippen LogP contribution < -0.4 is 11.1 Å². The first-order valence-electron chi connectivity index (χ1n) is 6.89. The van der Waals surface area contributed by atoms with E-state index >= 15 is 0 Å². The molecule has 4 nitrogen and oxygen atoms in total. The third-order valence-corrected chi connectivity index (χ3v) is 4.39. The number of rotatable bonds is 3. The van der Waals surface area contributed by atoms with Crippen LogP contribution in [-0.2, 0) is 4.79 Å². The summed E-state index contributed by atoms with van der Waals surface area (Å²) in [6.07, 6.45) is 4.95. The zero-order chi connectivity index (χ0) is 12.4. The van der Waals surface area contributed by atoms with Gasteiger partial charge in [0.15, 0.2) is 0 Å². The summed E-state index contributed by atoms with van der Waals surface area (Å²) in [5, 5.41) is 3.20. The fraction of sp³-hybridized carbons (Fsp3) is 0.923. The summed E-state index contributed by atoms with van der Waals surface area (Å²) >= 11 is 0. The Labute approximate surface area is 128 Å². The first kappa shape index (κ1) is 19.0. The molecule has 2 rings (SSSR count). The summed E-state index contributed by atoms with van der Waals surface area (Å²) in [6.45, 7) is 6.15. The quantitative estimate of drug-likeness (QED) is 0.831. The first-order chi connectivity index (χ1) is 8.09. The van der Waals surface area contributed by atoms with E-state index in [0.29, 0.717) is 12.1 Å². The Hall–Kier alpha value is -0.0300. The van der Waals surface area contributed by atoms with Crippen molar-refractivity contribution in [2.45, 2.75) is 57.7 Å². The molecule has 3 N–H and O–H groups in total. The molecule has 2 fully saturated rings. The van der Waals surface area contributed by atoms with E-state index in [2.05, 4.69) is 10.2 Å². The predicted octanol–water partition coefficient (Wildman–Crippen LogP) is 1.56. The Bertz CT molecular complexity index is 289. The van der Waals surface area contributed by atoms with Crippen LogP contribution in [0.25, 0.3) is 0 Å². The number of piperidine rings is 1. The lowest BCUT2D eigenvalue weighted by Crippen LogP contribution is -2.49. The van der Waals surface area contributed by atoms with E-state index < -0.39 is 0 Å². The number of halogens is 2. The number of fused-ring (bicyclic) bond motifs is 1. The zero-order valence-corrected chi connectivity index (χ0v) is 13.4. The molecule has 2 aliphatic heterocycles. The minimum atomic E-state index is -0.0901. The second-order valence-corrected chi connectivity index (χ2v) is 5.65. The number of carbonyl (C=O) groups excluding carboxylic acids is 1. The maximum absolute atomic E-state index is 12.0. The summed E-state index contributed by atoms with van der Waals surface area (Å²) in [4.78, 5) is 14.5. The maximum atomic E-state index is 12.0. The molecule has 0 aromatic heterocycles. The predicted molar refractivity (Wildman–Crippen MR) is 83.1 cm³/mol. The first-order valence-corrected chi connectivity index (χ1v) is 6.89. The normalized spacial score (nSPS) is 29.4. The van der Waals surface area contributed by atoms with Crippen molar-refractivity contribution in [3.63, 3.8) is 0 Å². The summed E-state index contributed by atoms with van der Waals surface area (Å²) < 4.78 is 0. The van der Waals surface area contributed by atoms with Gasteiger partial charge in [0.05, 0.1) is 0 Å². The van der Waals surface area contributed by atoms with Crippen LogP contribution in [0.5, 0.6) is 0 Å². The van der Waals surface area contributed by atoms with Crippen LogP contribution in [0.3, 0.4) is 0 Å². The van der Waals surface area contributed by atoms with Crippen molar-refractivity contribution in [3.8, 4) is 0 Å². The number of amides is 1. The van der Waals surface area contributed by atoms with Gasteiger partial charge in [-0.1, -0.05) is 13.3 Å². The highest BCUT2D eigenvalue weighted by Gasteiger charge is 2.36. The molecule has 2 saturated heterocycles. The molecule has 0 aromatic carbocycles. The van der Waals surface area contributed by atoms with Crippen LogP contribution >= 0.6 is 24.8 Å². The molecule has 114 valence electrons. The summed E-state index contributed by atoms with van der Waals surface area (Å²) in [5.41, 5.74) is 5.77. The number of hydrogen-bond acceptors (Lipinski definition) is 3. The molecule has 4 atom stereocenters. The molecule has 4 unspecified atom stereocenters. The molecular weight excluding hydrogens is 285 g/mol. The third-order valence-electron chi connectivity index (χ3n) is 4.39. The SMILES string of the molecule is CC(N)C(C)C(=O)NC1CCN2CCCCC12.Cl.Cl. The molecule has 19 heavy (non-hydrogen) atoms. The molecule has 0 spiro atoms. The topological polar surface area (TPSA) is 58.4 Å². The van der Waals surface area contributed by atoms with Gasteiger partial charge in [-0.3, -0.25) is 9.69 Å². The molecule has 0 bridgehead atoms. The van der Waals surface area contributed by atoms with Gasteiger partial charge in [-0.25, -0.2) is 0 Å². The number of carbonyl (C=O) groups is 1. The van der Waals surface area contributed by atoms with Crippen molar-refractivity contribution in [3.05, 3.63) is 0 Å². The van der Waals surface area contributed by atoms with Gasteiger partial charge in [0.1, 0.15) is 0 Å². The fourth-order valence-electron chi connectivity index (χ4n) is 2.97. The number of hydrogen-bond donors (Lipinski definition) is 2. The summed E-state index contributed by atoms with van der Waals surface area (Å²) in [7, 11) is 0. The van der Waals surface area contributed by atoms with Gasteiger partial charge in [-0.05, 0) is 32.7 Å². The van der Waals surface area contributed by atoms with Crippen molar-refractivity contribution in [1.82, 2.24) is 10.2 Å². The van der Waals surface area contributed by atoms with Crippen LogP contribution in [-0.4, -0.2) is 42.0 Å². The molecular formula is C13H27Cl2N3O. The number of nitrogens with one attached hydrogen (secondary N) is 1. The van der Waals surface area contributed by atoms with Crippen molar-refractivity contribution >= 4 is 30.7 Å². The molecule has 0 aromatic rings. The molecule has 0 saturated carbocycles. The molecule has 1 amide bonds. The molecule has 0 aliphatic carbocycles. The smallest absolute Gasteiger partial charge is 0.224 e. The van der Waals surface area contributed by atoms with E-state index in [-0.39, 0.29) is 42.7 Å². The van der Waals surface area contributed by atoms with Crippen LogP contribution in [0.2, 0.25) is 0 Å². The van der Waals surface area contributed by atoms with Crippen molar-refractivity contribution in [2.24, 2.45) is 11.7 Å². The number of nitrogens with zero attached hydrogens (tertiary/aromatic N) is 1. The van der Waals surface area contributed by atoms with E-state index in [1.54, 1.807) is 0 Å². The lowest BCUT2D eigenvalue weighted by molar-refractivity contribution is -0.125. The van der Waals surface area contributed by atoms with Crippen LogP contribution in [0, 0.1) is 5.92 Å². The van der Waals surface area contributed by atoms with Gasteiger partial charge in [-0.2, -0.15) is 0 Å². The lowest BCUT2D eigenvalue weighted by atomic mass is 9.97. The minimum Gasteiger partial charge on any atom is -0.351 e. The van der Waals surface area contributed by atoms with E-state index in [4.69, 9.17) is 5.73 Å².